The summed E-state index contributed by atoms with van der Waals surface area (Å²) in [5, 5.41) is 21.4. The summed E-state index contributed by atoms with van der Waals surface area (Å²) in [6.07, 6.45) is 6.22. The Morgan fingerprint density at radius 1 is 1.24 bits per heavy atom. The Balaban J connectivity index is 1.50. The normalized spacial score (nSPS) is 15.3. The Bertz CT molecular complexity index is 1450. The second kappa shape index (κ2) is 11.5. The largest absolute Gasteiger partial charge is 0.351 e. The molecule has 3 heterocycles. The summed E-state index contributed by atoms with van der Waals surface area (Å²) in [6.45, 7) is 3.26. The van der Waals surface area contributed by atoms with Gasteiger partial charge in [0.1, 0.15) is 29.6 Å². The van der Waals surface area contributed by atoms with Crippen molar-refractivity contribution in [3.8, 4) is 23.0 Å². The van der Waals surface area contributed by atoms with Gasteiger partial charge in [0.05, 0.1) is 40.1 Å². The van der Waals surface area contributed by atoms with Gasteiger partial charge in [-0.25, -0.2) is 27.4 Å². The van der Waals surface area contributed by atoms with Crippen LogP contribution in [-0.4, -0.2) is 86.1 Å². The van der Waals surface area contributed by atoms with Crippen LogP contribution in [0.1, 0.15) is 30.9 Å². The van der Waals surface area contributed by atoms with Crippen LogP contribution in [0.4, 0.5) is 5.95 Å². The fourth-order valence-electron chi connectivity index (χ4n) is 4.19. The molecule has 0 unspecified atom stereocenters. The van der Waals surface area contributed by atoms with Crippen molar-refractivity contribution in [3.05, 3.63) is 52.9 Å². The molecule has 0 aliphatic carbocycles. The molecule has 0 atom stereocenters. The molecule has 0 radical (unpaired) electrons. The number of benzene rings is 1. The molecule has 0 spiro atoms. The average Bonchev–Trinajstić information content (AvgIpc) is 3.37. The number of sulfonamides is 1. The van der Waals surface area contributed by atoms with E-state index in [9.17, 15) is 13.7 Å². The van der Waals surface area contributed by atoms with Crippen LogP contribution < -0.4 is 10.6 Å². The maximum absolute atomic E-state index is 12.1. The Morgan fingerprint density at radius 3 is 2.61 bits per heavy atom. The Morgan fingerprint density at radius 2 is 1.97 bits per heavy atom. The van der Waals surface area contributed by atoms with Crippen LogP contribution in [0.25, 0.3) is 16.9 Å². The first-order valence-corrected chi connectivity index (χ1v) is 14.6. The van der Waals surface area contributed by atoms with Crippen molar-refractivity contribution in [1.82, 2.24) is 29.4 Å². The van der Waals surface area contributed by atoms with Crippen molar-refractivity contribution in [2.24, 2.45) is 0 Å². The van der Waals surface area contributed by atoms with Crippen LogP contribution in [0, 0.1) is 11.3 Å². The van der Waals surface area contributed by atoms with Gasteiger partial charge in [0.25, 0.3) is 0 Å². The minimum Gasteiger partial charge on any atom is -0.351 e. The summed E-state index contributed by atoms with van der Waals surface area (Å²) in [5.74, 6) is 0.488. The number of nitrogens with zero attached hydrogens (tertiary/aromatic N) is 6. The molecule has 2 N–H and O–H groups in total. The molecule has 0 bridgehead atoms. The van der Waals surface area contributed by atoms with Crippen molar-refractivity contribution >= 4 is 51.1 Å². The van der Waals surface area contributed by atoms with Crippen LogP contribution in [0.15, 0.2) is 36.8 Å². The Hall–Kier alpha value is -2.85. The third kappa shape index (κ3) is 6.77. The summed E-state index contributed by atoms with van der Waals surface area (Å²) >= 11 is 6.59. The molecule has 1 saturated heterocycles. The van der Waals surface area contributed by atoms with Crippen LogP contribution in [0.2, 0.25) is 5.02 Å². The fraction of sp³-hybridized carbons (Fsp3) is 0.391. The standard InChI is InChI=1S/C23H30B3ClN8O2S/c1-2-38(36,37)34-7-5-18(6-8-34)32-22-29-12-16(10-28)21(33-22)17-13-31-35(14-17)20-4-3-15(9-19(20)27)11-30-23(24,25)26/h3-4,9,12-14,18,30H,2,5-8,11,24-26H2,1H3,(H,29,32,33). The predicted octanol–water partition coefficient (Wildman–Crippen LogP) is -0.319. The number of nitrogens with one attached hydrogen (secondary N) is 2. The molecule has 15 heteroatoms. The van der Waals surface area contributed by atoms with Crippen LogP contribution in [0.5, 0.6) is 0 Å². The highest BCUT2D eigenvalue weighted by molar-refractivity contribution is 7.89. The zero-order chi connectivity index (χ0) is 27.5. The van der Waals surface area contributed by atoms with E-state index in [1.807, 2.05) is 18.2 Å². The highest BCUT2D eigenvalue weighted by Gasteiger charge is 2.27. The highest BCUT2D eigenvalue weighted by Crippen LogP contribution is 2.27. The summed E-state index contributed by atoms with van der Waals surface area (Å²) in [4.78, 5) is 8.92. The van der Waals surface area contributed by atoms with Crippen molar-refractivity contribution in [1.29, 1.82) is 5.26 Å². The molecule has 1 aromatic carbocycles. The average molecular weight is 551 g/mol. The third-order valence-corrected chi connectivity index (χ3v) is 8.58. The number of aromatic nitrogens is 4. The first-order chi connectivity index (χ1) is 18.0. The van der Waals surface area contributed by atoms with Crippen LogP contribution >= 0.6 is 11.6 Å². The van der Waals surface area contributed by atoms with E-state index in [4.69, 9.17) is 11.6 Å². The van der Waals surface area contributed by atoms with E-state index in [-0.39, 0.29) is 17.0 Å². The van der Waals surface area contributed by atoms with Crippen molar-refractivity contribution < 1.29 is 8.42 Å². The Kier molecular flexibility index (Phi) is 8.52. The van der Waals surface area contributed by atoms with E-state index in [2.05, 4.69) is 55.3 Å². The molecule has 0 saturated carbocycles. The van der Waals surface area contributed by atoms with Gasteiger partial charge in [-0.1, -0.05) is 22.9 Å². The van der Waals surface area contributed by atoms with Gasteiger partial charge in [0.15, 0.2) is 0 Å². The van der Waals surface area contributed by atoms with Gasteiger partial charge < -0.3 is 10.6 Å². The molecule has 1 aliphatic heterocycles. The van der Waals surface area contributed by atoms with E-state index < -0.39 is 10.0 Å². The molecule has 1 aliphatic rings. The SMILES string of the molecule is BC(B)(B)NCc1ccc(-n2cc(-c3nc(NC4CCN(S(=O)(=O)CC)CC4)ncc3C#N)cn2)c(Cl)c1. The van der Waals surface area contributed by atoms with Gasteiger partial charge in [0, 0.05) is 37.4 Å². The van der Waals surface area contributed by atoms with Crippen LogP contribution in [-0.2, 0) is 16.6 Å². The number of rotatable bonds is 9. The van der Waals surface area contributed by atoms with Crippen molar-refractivity contribution in [2.75, 3.05) is 24.2 Å². The molecule has 3 aromatic rings. The maximum atomic E-state index is 12.1. The lowest BCUT2D eigenvalue weighted by Gasteiger charge is -2.31. The number of hydrogen-bond acceptors (Lipinski definition) is 8. The highest BCUT2D eigenvalue weighted by atomic mass is 35.5. The molecule has 4 rings (SSSR count). The maximum Gasteiger partial charge on any atom is 0.223 e. The number of piperidine rings is 1. The molecule has 38 heavy (non-hydrogen) atoms. The van der Waals surface area contributed by atoms with Gasteiger partial charge in [-0.2, -0.15) is 10.4 Å². The smallest absolute Gasteiger partial charge is 0.223 e. The quantitative estimate of drug-likeness (QED) is 0.347. The van der Waals surface area contributed by atoms with Gasteiger partial charge in [-0.15, -0.1) is 0 Å². The van der Waals surface area contributed by atoms with E-state index in [0.29, 0.717) is 60.3 Å². The van der Waals surface area contributed by atoms with E-state index in [1.165, 1.54) is 10.5 Å². The predicted molar refractivity (Wildman–Crippen MR) is 157 cm³/mol. The van der Waals surface area contributed by atoms with Crippen molar-refractivity contribution in [2.45, 2.75) is 37.6 Å². The summed E-state index contributed by atoms with van der Waals surface area (Å²) in [7, 11) is 3.15. The monoisotopic (exact) mass is 550 g/mol. The third-order valence-electron chi connectivity index (χ3n) is 6.39. The molecule has 196 valence electrons. The lowest BCUT2D eigenvalue weighted by molar-refractivity contribution is 0.329. The number of hydrogen-bond donors (Lipinski definition) is 2. The number of nitriles is 1. The topological polar surface area (TPSA) is 129 Å². The van der Waals surface area contributed by atoms with E-state index in [0.717, 1.165) is 11.3 Å². The van der Waals surface area contributed by atoms with Gasteiger partial charge in [-0.3, -0.25) is 0 Å². The molecule has 1 fully saturated rings. The van der Waals surface area contributed by atoms with Gasteiger partial charge >= 0.3 is 0 Å². The molecule has 10 nitrogen and oxygen atoms in total. The molecule has 2 aromatic heterocycles. The lowest BCUT2D eigenvalue weighted by atomic mass is 9.49. The van der Waals surface area contributed by atoms with Crippen LogP contribution in [0.3, 0.4) is 0 Å². The zero-order valence-corrected chi connectivity index (χ0v) is 23.6. The summed E-state index contributed by atoms with van der Waals surface area (Å²) in [5.41, 5.74) is 3.23. The fourth-order valence-corrected chi connectivity index (χ4v) is 5.61. The summed E-state index contributed by atoms with van der Waals surface area (Å²) in [6, 6.07) is 8.03. The second-order valence-corrected chi connectivity index (χ2v) is 13.0. The van der Waals surface area contributed by atoms with E-state index >= 15 is 0 Å². The molecular weight excluding hydrogens is 520 g/mol. The first-order valence-electron chi connectivity index (χ1n) is 12.6. The summed E-state index contributed by atoms with van der Waals surface area (Å²) < 4.78 is 27.5. The molecular formula is C23H30B3ClN8O2S. The Labute approximate surface area is 231 Å². The van der Waals surface area contributed by atoms with E-state index in [1.54, 1.807) is 24.0 Å². The first kappa shape index (κ1) is 28.2. The zero-order valence-electron chi connectivity index (χ0n) is 22.1. The minimum absolute atomic E-state index is 0.00122. The second-order valence-electron chi connectivity index (χ2n) is 10.3. The van der Waals surface area contributed by atoms with Gasteiger partial charge in [-0.05, 0) is 37.5 Å². The van der Waals surface area contributed by atoms with Crippen molar-refractivity contribution in [3.63, 3.8) is 0 Å². The molecule has 0 amide bonds. The number of anilines is 1. The number of halogens is 1. The van der Waals surface area contributed by atoms with Gasteiger partial charge in [0.2, 0.25) is 16.0 Å². The minimum atomic E-state index is -3.19. The lowest BCUT2D eigenvalue weighted by Crippen LogP contribution is -2.46.